The number of morpholine rings is 1. The topological polar surface area (TPSA) is 51.2 Å². The van der Waals surface area contributed by atoms with E-state index in [-0.39, 0.29) is 30.9 Å². The highest BCUT2D eigenvalue weighted by Gasteiger charge is 2.33. The first kappa shape index (κ1) is 17.9. The fourth-order valence-electron chi connectivity index (χ4n) is 4.28. The molecule has 4 rings (SSSR count). The molecular formula is C19H25ClN2O4. The minimum absolute atomic E-state index is 0.0158. The predicted octanol–water partition coefficient (Wildman–Crippen LogP) is 2.78. The van der Waals surface area contributed by atoms with E-state index in [1.165, 1.54) is 0 Å². The number of likely N-dealkylation sites (tertiary alicyclic amines) is 1. The third-order valence-corrected chi connectivity index (χ3v) is 5.56. The minimum Gasteiger partial charge on any atom is -0.454 e. The van der Waals surface area contributed by atoms with Crippen molar-refractivity contribution < 1.29 is 19.0 Å². The van der Waals surface area contributed by atoms with Gasteiger partial charge in [-0.15, -0.1) is 0 Å². The molecular weight excluding hydrogens is 356 g/mol. The second kappa shape index (κ2) is 7.25. The van der Waals surface area contributed by atoms with Gasteiger partial charge in [0.1, 0.15) is 0 Å². The summed E-state index contributed by atoms with van der Waals surface area (Å²) >= 11 is 6.25. The first-order chi connectivity index (χ1) is 12.5. The van der Waals surface area contributed by atoms with Crippen LogP contribution in [-0.2, 0) is 4.74 Å². The van der Waals surface area contributed by atoms with Gasteiger partial charge in [-0.3, -0.25) is 9.69 Å². The SMILES string of the molecule is C[C@@H]1CN(C[C@@H]2CCCN2C(=O)c2cc(Cl)c3c(c2)OCO3)C[C@@H](C)O1. The van der Waals surface area contributed by atoms with Gasteiger partial charge in [-0.05, 0) is 38.8 Å². The number of nitrogens with zero attached hydrogens (tertiary/aromatic N) is 2. The van der Waals surface area contributed by atoms with E-state index in [1.807, 2.05) is 4.90 Å². The lowest BCUT2D eigenvalue weighted by Gasteiger charge is -2.38. The molecule has 0 bridgehead atoms. The molecule has 6 nitrogen and oxygen atoms in total. The van der Waals surface area contributed by atoms with Crippen LogP contribution in [0.2, 0.25) is 5.02 Å². The first-order valence-electron chi connectivity index (χ1n) is 9.29. The molecule has 0 aliphatic carbocycles. The Morgan fingerprint density at radius 1 is 1.23 bits per heavy atom. The molecule has 0 radical (unpaired) electrons. The van der Waals surface area contributed by atoms with E-state index in [0.29, 0.717) is 22.1 Å². The first-order valence-corrected chi connectivity index (χ1v) is 9.67. The zero-order valence-corrected chi connectivity index (χ0v) is 16.0. The smallest absolute Gasteiger partial charge is 0.254 e. The van der Waals surface area contributed by atoms with Crippen molar-refractivity contribution in [3.8, 4) is 11.5 Å². The maximum absolute atomic E-state index is 13.1. The van der Waals surface area contributed by atoms with Gasteiger partial charge < -0.3 is 19.1 Å². The van der Waals surface area contributed by atoms with Crippen molar-refractivity contribution in [2.75, 3.05) is 33.0 Å². The number of halogens is 1. The van der Waals surface area contributed by atoms with Gasteiger partial charge in [0.15, 0.2) is 11.5 Å². The minimum atomic E-state index is 0.0158. The standard InChI is InChI=1S/C19H25ClN2O4/c1-12-8-21(9-13(2)26-12)10-15-4-3-5-22(15)19(23)14-6-16(20)18-17(7-14)24-11-25-18/h6-7,12-13,15H,3-5,8-11H2,1-2H3/t12-,13-,15+/m1/s1. The number of hydrogen-bond donors (Lipinski definition) is 0. The summed E-state index contributed by atoms with van der Waals surface area (Å²) in [6.07, 6.45) is 2.53. The van der Waals surface area contributed by atoms with Gasteiger partial charge in [-0.1, -0.05) is 11.6 Å². The van der Waals surface area contributed by atoms with Crippen LogP contribution in [0.4, 0.5) is 0 Å². The third-order valence-electron chi connectivity index (χ3n) is 5.28. The molecule has 2 saturated heterocycles. The number of rotatable bonds is 3. The Labute approximate surface area is 158 Å². The Bertz CT molecular complexity index is 688. The molecule has 1 aromatic carbocycles. The molecule has 0 saturated carbocycles. The number of carbonyl (C=O) groups is 1. The summed E-state index contributed by atoms with van der Waals surface area (Å²) in [6, 6.07) is 3.65. The van der Waals surface area contributed by atoms with Gasteiger partial charge in [0.25, 0.3) is 5.91 Å². The summed E-state index contributed by atoms with van der Waals surface area (Å²) in [7, 11) is 0. The Morgan fingerprint density at radius 2 is 2.00 bits per heavy atom. The molecule has 0 spiro atoms. The number of benzene rings is 1. The van der Waals surface area contributed by atoms with Crippen LogP contribution >= 0.6 is 11.6 Å². The van der Waals surface area contributed by atoms with Crippen LogP contribution in [0.15, 0.2) is 12.1 Å². The molecule has 142 valence electrons. The number of carbonyl (C=O) groups excluding carboxylic acids is 1. The lowest BCUT2D eigenvalue weighted by atomic mass is 10.1. The van der Waals surface area contributed by atoms with Crippen LogP contribution in [-0.4, -0.2) is 66.9 Å². The Balaban J connectivity index is 1.48. The fourth-order valence-corrected chi connectivity index (χ4v) is 4.55. The molecule has 3 heterocycles. The molecule has 0 N–H and O–H groups in total. The maximum atomic E-state index is 13.1. The monoisotopic (exact) mass is 380 g/mol. The van der Waals surface area contributed by atoms with E-state index in [2.05, 4.69) is 18.7 Å². The van der Waals surface area contributed by atoms with E-state index >= 15 is 0 Å². The van der Waals surface area contributed by atoms with E-state index in [9.17, 15) is 4.79 Å². The van der Waals surface area contributed by atoms with Gasteiger partial charge in [0.05, 0.1) is 17.2 Å². The highest BCUT2D eigenvalue weighted by molar-refractivity contribution is 6.32. The largest absolute Gasteiger partial charge is 0.454 e. The van der Waals surface area contributed by atoms with Crippen molar-refractivity contribution in [2.45, 2.75) is 44.9 Å². The van der Waals surface area contributed by atoms with Crippen LogP contribution in [0.25, 0.3) is 0 Å². The summed E-state index contributed by atoms with van der Waals surface area (Å²) in [6.45, 7) is 7.86. The Hall–Kier alpha value is -1.50. The average Bonchev–Trinajstić information content (AvgIpc) is 3.22. The van der Waals surface area contributed by atoms with Crippen molar-refractivity contribution in [2.24, 2.45) is 0 Å². The van der Waals surface area contributed by atoms with Crippen LogP contribution in [0.1, 0.15) is 37.0 Å². The highest BCUT2D eigenvalue weighted by Crippen LogP contribution is 2.40. The summed E-state index contributed by atoms with van der Waals surface area (Å²) in [5, 5.41) is 0.426. The van der Waals surface area contributed by atoms with Crippen molar-refractivity contribution in [3.63, 3.8) is 0 Å². The van der Waals surface area contributed by atoms with E-state index in [4.69, 9.17) is 25.8 Å². The lowest BCUT2D eigenvalue weighted by molar-refractivity contribution is -0.0715. The molecule has 3 aliphatic rings. The van der Waals surface area contributed by atoms with E-state index in [1.54, 1.807) is 12.1 Å². The van der Waals surface area contributed by atoms with Gasteiger partial charge in [-0.25, -0.2) is 0 Å². The van der Waals surface area contributed by atoms with Crippen LogP contribution in [0.5, 0.6) is 11.5 Å². The van der Waals surface area contributed by atoms with E-state index < -0.39 is 0 Å². The number of ether oxygens (including phenoxy) is 3. The number of amides is 1. The highest BCUT2D eigenvalue weighted by atomic mass is 35.5. The quantitative estimate of drug-likeness (QED) is 0.807. The normalized spacial score (nSPS) is 28.6. The van der Waals surface area contributed by atoms with Crippen LogP contribution in [0.3, 0.4) is 0 Å². The molecule has 3 aliphatic heterocycles. The molecule has 1 amide bonds. The Morgan fingerprint density at radius 3 is 2.77 bits per heavy atom. The zero-order chi connectivity index (χ0) is 18.3. The molecule has 7 heteroatoms. The van der Waals surface area contributed by atoms with E-state index in [0.717, 1.165) is 39.0 Å². The molecule has 3 atom stereocenters. The summed E-state index contributed by atoms with van der Waals surface area (Å²) in [4.78, 5) is 17.5. The summed E-state index contributed by atoms with van der Waals surface area (Å²) in [5.74, 6) is 1.09. The van der Waals surface area contributed by atoms with Gasteiger partial charge in [0.2, 0.25) is 6.79 Å². The van der Waals surface area contributed by atoms with Gasteiger partial charge in [-0.2, -0.15) is 0 Å². The third kappa shape index (κ3) is 3.50. The number of hydrogen-bond acceptors (Lipinski definition) is 5. The van der Waals surface area contributed by atoms with Crippen molar-refractivity contribution in [1.29, 1.82) is 0 Å². The van der Waals surface area contributed by atoms with Crippen LogP contribution < -0.4 is 9.47 Å². The summed E-state index contributed by atoms with van der Waals surface area (Å²) in [5.41, 5.74) is 0.565. The fraction of sp³-hybridized carbons (Fsp3) is 0.632. The molecule has 1 aromatic rings. The second-order valence-electron chi connectivity index (χ2n) is 7.46. The van der Waals surface area contributed by atoms with Crippen LogP contribution in [0, 0.1) is 0 Å². The molecule has 0 aromatic heterocycles. The molecule has 26 heavy (non-hydrogen) atoms. The lowest BCUT2D eigenvalue weighted by Crippen LogP contribution is -2.50. The van der Waals surface area contributed by atoms with Crippen molar-refractivity contribution >= 4 is 17.5 Å². The molecule has 0 unspecified atom stereocenters. The summed E-state index contributed by atoms with van der Waals surface area (Å²) < 4.78 is 16.6. The molecule has 2 fully saturated rings. The second-order valence-corrected chi connectivity index (χ2v) is 7.87. The average molecular weight is 381 g/mol. The van der Waals surface area contributed by atoms with Crippen molar-refractivity contribution in [1.82, 2.24) is 9.80 Å². The maximum Gasteiger partial charge on any atom is 0.254 e. The van der Waals surface area contributed by atoms with Gasteiger partial charge >= 0.3 is 0 Å². The predicted molar refractivity (Wildman–Crippen MR) is 98.1 cm³/mol. The van der Waals surface area contributed by atoms with Crippen molar-refractivity contribution in [3.05, 3.63) is 22.7 Å². The van der Waals surface area contributed by atoms with Gasteiger partial charge in [0, 0.05) is 37.8 Å². The Kier molecular flexibility index (Phi) is 4.99. The number of fused-ring (bicyclic) bond motifs is 1. The zero-order valence-electron chi connectivity index (χ0n) is 15.2.